The number of nitrogens with zero attached hydrogens (tertiary/aromatic N) is 3. The van der Waals surface area contributed by atoms with Crippen molar-refractivity contribution in [3.8, 4) is 11.5 Å². The van der Waals surface area contributed by atoms with Crippen molar-refractivity contribution < 1.29 is 28.7 Å². The molecule has 0 aliphatic carbocycles. The van der Waals surface area contributed by atoms with Crippen molar-refractivity contribution in [1.29, 1.82) is 0 Å². The molecule has 0 unspecified atom stereocenters. The van der Waals surface area contributed by atoms with E-state index in [1.54, 1.807) is 32.1 Å². The molecular weight excluding hydrogens is 552 g/mol. The molecule has 4 aromatic rings. The van der Waals surface area contributed by atoms with E-state index in [1.165, 1.54) is 30.2 Å². The van der Waals surface area contributed by atoms with Gasteiger partial charge in [-0.1, -0.05) is 30.3 Å². The van der Waals surface area contributed by atoms with Crippen molar-refractivity contribution >= 4 is 28.4 Å². The van der Waals surface area contributed by atoms with Crippen LogP contribution in [0.3, 0.4) is 0 Å². The zero-order chi connectivity index (χ0) is 30.9. The molecule has 226 valence electrons. The fourth-order valence-corrected chi connectivity index (χ4v) is 4.92. The summed E-state index contributed by atoms with van der Waals surface area (Å²) < 4.78 is 16.0. The summed E-state index contributed by atoms with van der Waals surface area (Å²) in [5.41, 5.74) is 3.33. The van der Waals surface area contributed by atoms with E-state index in [2.05, 4.69) is 4.98 Å². The van der Waals surface area contributed by atoms with Gasteiger partial charge in [-0.25, -0.2) is 0 Å². The van der Waals surface area contributed by atoms with Crippen molar-refractivity contribution in [1.82, 2.24) is 14.8 Å². The average Bonchev–Trinajstić information content (AvgIpc) is 3.43. The van der Waals surface area contributed by atoms with Crippen LogP contribution >= 0.6 is 0 Å². The van der Waals surface area contributed by atoms with Gasteiger partial charge in [0, 0.05) is 61.0 Å². The van der Waals surface area contributed by atoms with E-state index in [9.17, 15) is 19.7 Å². The van der Waals surface area contributed by atoms with Gasteiger partial charge < -0.3 is 29.0 Å². The van der Waals surface area contributed by atoms with Gasteiger partial charge in [-0.3, -0.25) is 19.7 Å². The highest BCUT2D eigenvalue weighted by atomic mass is 16.6. The van der Waals surface area contributed by atoms with Crippen molar-refractivity contribution in [3.63, 3.8) is 0 Å². The Labute approximate surface area is 250 Å². The number of amides is 2. The summed E-state index contributed by atoms with van der Waals surface area (Å²) in [7, 11) is 4.62. The molecule has 3 aromatic carbocycles. The van der Waals surface area contributed by atoms with E-state index in [-0.39, 0.29) is 43.4 Å². The number of ether oxygens (including phenoxy) is 3. The van der Waals surface area contributed by atoms with Crippen LogP contribution in [0.5, 0.6) is 11.5 Å². The number of hydrogen-bond acceptors (Lipinski definition) is 7. The van der Waals surface area contributed by atoms with Crippen LogP contribution in [0.15, 0.2) is 66.9 Å². The van der Waals surface area contributed by atoms with Crippen molar-refractivity contribution in [2.24, 2.45) is 0 Å². The van der Waals surface area contributed by atoms with Crippen LogP contribution in [-0.4, -0.2) is 79.1 Å². The number of benzene rings is 3. The third kappa shape index (κ3) is 7.49. The topological polar surface area (TPSA) is 127 Å². The van der Waals surface area contributed by atoms with Gasteiger partial charge in [0.25, 0.3) is 11.6 Å². The lowest BCUT2D eigenvalue weighted by Crippen LogP contribution is -2.44. The van der Waals surface area contributed by atoms with Gasteiger partial charge in [0.1, 0.15) is 6.54 Å². The molecule has 1 aromatic heterocycles. The molecule has 4 rings (SSSR count). The zero-order valence-corrected chi connectivity index (χ0v) is 24.8. The number of methoxy groups -OCH3 is 3. The number of carbonyl (C=O) groups is 2. The average molecular weight is 589 g/mol. The molecule has 0 saturated heterocycles. The minimum Gasteiger partial charge on any atom is -0.493 e. The van der Waals surface area contributed by atoms with Gasteiger partial charge >= 0.3 is 0 Å². The first-order valence-electron chi connectivity index (χ1n) is 13.8. The standard InChI is InChI=1S/C32H36N4O7/c1-22-9-11-24(18-28(22)36(39)40)32(38)35(15-16-41-2)21-31(37)34(20-23-10-12-29(42-3)30(17-23)43-4)14-13-25-19-33-27-8-6-5-7-26(25)27/h5-12,17-19,33H,13-16,20-21H2,1-4H3. The molecule has 2 amide bonds. The number of fused-ring (bicyclic) bond motifs is 1. The lowest BCUT2D eigenvalue weighted by molar-refractivity contribution is -0.385. The summed E-state index contributed by atoms with van der Waals surface area (Å²) in [5.74, 6) is 0.352. The smallest absolute Gasteiger partial charge is 0.273 e. The number of nitro benzene ring substituents is 1. The minimum absolute atomic E-state index is 0.131. The molecule has 11 nitrogen and oxygen atoms in total. The highest BCUT2D eigenvalue weighted by molar-refractivity contribution is 5.97. The SMILES string of the molecule is COCCN(CC(=O)N(CCc1c[nH]c2ccccc12)Cc1ccc(OC)c(OC)c1)C(=O)c1ccc(C)c([N+](=O)[O-])c1. The quantitative estimate of drug-likeness (QED) is 0.166. The summed E-state index contributed by atoms with van der Waals surface area (Å²) >= 11 is 0. The number of nitro groups is 1. The number of rotatable bonds is 14. The maximum absolute atomic E-state index is 13.9. The molecule has 0 aliphatic rings. The number of aromatic nitrogens is 1. The second kappa shape index (κ2) is 14.3. The van der Waals surface area contributed by atoms with E-state index in [1.807, 2.05) is 42.6 Å². The van der Waals surface area contributed by atoms with Crippen LogP contribution in [0.4, 0.5) is 5.69 Å². The number of para-hydroxylation sites is 1. The summed E-state index contributed by atoms with van der Waals surface area (Å²) in [6, 6.07) is 17.8. The summed E-state index contributed by atoms with van der Waals surface area (Å²) in [6.45, 7) is 2.36. The number of aromatic amines is 1. The Hall–Kier alpha value is -4.90. The van der Waals surface area contributed by atoms with Crippen LogP contribution in [0, 0.1) is 17.0 Å². The van der Waals surface area contributed by atoms with Gasteiger partial charge in [-0.15, -0.1) is 0 Å². The van der Waals surface area contributed by atoms with Crippen LogP contribution < -0.4 is 9.47 Å². The summed E-state index contributed by atoms with van der Waals surface area (Å²) in [5, 5.41) is 12.6. The molecule has 0 saturated carbocycles. The van der Waals surface area contributed by atoms with Gasteiger partial charge in [-0.2, -0.15) is 0 Å². The number of carbonyl (C=O) groups excluding carboxylic acids is 2. The molecule has 0 fully saturated rings. The number of hydrogen-bond donors (Lipinski definition) is 1. The molecule has 11 heteroatoms. The molecule has 43 heavy (non-hydrogen) atoms. The Bertz CT molecular complexity index is 1600. The molecule has 0 radical (unpaired) electrons. The van der Waals surface area contributed by atoms with Crippen molar-refractivity contribution in [2.45, 2.75) is 19.9 Å². The Morgan fingerprint density at radius 3 is 2.42 bits per heavy atom. The van der Waals surface area contributed by atoms with E-state index in [0.29, 0.717) is 30.0 Å². The van der Waals surface area contributed by atoms with E-state index >= 15 is 0 Å². The van der Waals surface area contributed by atoms with Crippen LogP contribution in [0.1, 0.15) is 27.0 Å². The van der Waals surface area contributed by atoms with Crippen LogP contribution in [0.2, 0.25) is 0 Å². The number of aryl methyl sites for hydroxylation is 1. The Balaban J connectivity index is 1.61. The molecule has 0 spiro atoms. The Morgan fingerprint density at radius 1 is 0.930 bits per heavy atom. The van der Waals surface area contributed by atoms with Gasteiger partial charge in [0.05, 0.1) is 25.7 Å². The Kier molecular flexibility index (Phi) is 10.3. The third-order valence-corrected chi connectivity index (χ3v) is 7.33. The second-order valence-electron chi connectivity index (χ2n) is 10.1. The summed E-state index contributed by atoms with van der Waals surface area (Å²) in [6.07, 6.45) is 2.53. The molecule has 0 bridgehead atoms. The van der Waals surface area contributed by atoms with Crippen molar-refractivity contribution in [3.05, 3.63) is 99.2 Å². The van der Waals surface area contributed by atoms with E-state index in [0.717, 1.165) is 22.0 Å². The van der Waals surface area contributed by atoms with Gasteiger partial charge in [-0.05, 0) is 48.7 Å². The Morgan fingerprint density at radius 2 is 1.70 bits per heavy atom. The fraction of sp³-hybridized carbons (Fsp3) is 0.312. The molecule has 1 N–H and O–H groups in total. The van der Waals surface area contributed by atoms with E-state index in [4.69, 9.17) is 14.2 Å². The fourth-order valence-electron chi connectivity index (χ4n) is 4.92. The maximum atomic E-state index is 13.9. The lowest BCUT2D eigenvalue weighted by Gasteiger charge is -2.28. The number of nitrogens with one attached hydrogen (secondary N) is 1. The second-order valence-corrected chi connectivity index (χ2v) is 10.1. The molecular formula is C32H36N4O7. The van der Waals surface area contributed by atoms with Gasteiger partial charge in [0.2, 0.25) is 5.91 Å². The first kappa shape index (κ1) is 31.0. The largest absolute Gasteiger partial charge is 0.493 e. The first-order valence-corrected chi connectivity index (χ1v) is 13.8. The maximum Gasteiger partial charge on any atom is 0.273 e. The third-order valence-electron chi connectivity index (χ3n) is 7.33. The monoisotopic (exact) mass is 588 g/mol. The predicted octanol–water partition coefficient (Wildman–Crippen LogP) is 4.76. The minimum atomic E-state index is -0.521. The number of H-pyrrole nitrogens is 1. The predicted molar refractivity (Wildman–Crippen MR) is 163 cm³/mol. The first-order chi connectivity index (χ1) is 20.7. The summed E-state index contributed by atoms with van der Waals surface area (Å²) in [4.78, 5) is 44.8. The molecule has 0 aliphatic heterocycles. The normalized spacial score (nSPS) is 10.9. The van der Waals surface area contributed by atoms with Gasteiger partial charge in [0.15, 0.2) is 11.5 Å². The molecule has 0 atom stereocenters. The molecule has 1 heterocycles. The van der Waals surface area contributed by atoms with Crippen LogP contribution in [0.25, 0.3) is 10.9 Å². The van der Waals surface area contributed by atoms with Crippen LogP contribution in [-0.2, 0) is 22.5 Å². The highest BCUT2D eigenvalue weighted by Gasteiger charge is 2.25. The zero-order valence-electron chi connectivity index (χ0n) is 24.8. The van der Waals surface area contributed by atoms with E-state index < -0.39 is 10.8 Å². The highest BCUT2D eigenvalue weighted by Crippen LogP contribution is 2.28. The van der Waals surface area contributed by atoms with Crippen molar-refractivity contribution in [2.75, 3.05) is 47.6 Å². The lowest BCUT2D eigenvalue weighted by atomic mass is 10.1.